The Morgan fingerprint density at radius 1 is 1.38 bits per heavy atom. The summed E-state index contributed by atoms with van der Waals surface area (Å²) in [5.74, 6) is 0.901. The van der Waals surface area contributed by atoms with Crippen LogP contribution in [0.3, 0.4) is 0 Å². The first-order chi connectivity index (χ1) is 6.45. The lowest BCUT2D eigenvalue weighted by Crippen LogP contribution is -2.21. The average molecular weight is 179 g/mol. The predicted molar refractivity (Wildman–Crippen MR) is 49.7 cm³/mol. The molecule has 0 aromatic heterocycles. The van der Waals surface area contributed by atoms with Gasteiger partial charge in [-0.3, -0.25) is 5.32 Å². The van der Waals surface area contributed by atoms with Gasteiger partial charge in [0.15, 0.2) is 0 Å². The van der Waals surface area contributed by atoms with E-state index >= 15 is 0 Å². The highest BCUT2D eigenvalue weighted by atomic mass is 16.5. The molecule has 0 spiro atoms. The molecule has 1 heterocycles. The zero-order chi connectivity index (χ0) is 8.93. The summed E-state index contributed by atoms with van der Waals surface area (Å²) in [5, 5.41) is 3.11. The first-order valence-corrected chi connectivity index (χ1v) is 4.45. The predicted octanol–water partition coefficient (Wildman–Crippen LogP) is 1.01. The second-order valence-electron chi connectivity index (χ2n) is 3.01. The minimum Gasteiger partial charge on any atom is -0.491 e. The number of ether oxygens (including phenoxy) is 2. The van der Waals surface area contributed by atoms with Gasteiger partial charge in [0.1, 0.15) is 18.5 Å². The SMILES string of the molecule is c1ccc(OCC2CNCO2)cc1. The van der Waals surface area contributed by atoms with Gasteiger partial charge in [-0.25, -0.2) is 0 Å². The zero-order valence-corrected chi connectivity index (χ0v) is 7.40. The highest BCUT2D eigenvalue weighted by molar-refractivity contribution is 5.20. The monoisotopic (exact) mass is 179 g/mol. The van der Waals surface area contributed by atoms with Gasteiger partial charge in [0.25, 0.3) is 0 Å². The van der Waals surface area contributed by atoms with Crippen molar-refractivity contribution in [2.75, 3.05) is 19.9 Å². The van der Waals surface area contributed by atoms with E-state index in [9.17, 15) is 0 Å². The summed E-state index contributed by atoms with van der Waals surface area (Å²) >= 11 is 0. The van der Waals surface area contributed by atoms with Gasteiger partial charge in [-0.1, -0.05) is 18.2 Å². The summed E-state index contributed by atoms with van der Waals surface area (Å²) in [6.45, 7) is 2.15. The first-order valence-electron chi connectivity index (χ1n) is 4.45. The first kappa shape index (κ1) is 8.53. The second-order valence-corrected chi connectivity index (χ2v) is 3.01. The van der Waals surface area contributed by atoms with Crippen molar-refractivity contribution in [2.24, 2.45) is 0 Å². The lowest BCUT2D eigenvalue weighted by atomic mass is 10.3. The van der Waals surface area contributed by atoms with Crippen molar-refractivity contribution < 1.29 is 9.47 Å². The van der Waals surface area contributed by atoms with Crippen LogP contribution < -0.4 is 10.1 Å². The molecule has 3 heteroatoms. The van der Waals surface area contributed by atoms with Crippen molar-refractivity contribution in [1.29, 1.82) is 0 Å². The normalized spacial score (nSPS) is 21.7. The average Bonchev–Trinajstić information content (AvgIpc) is 2.69. The molecule has 1 saturated heterocycles. The molecule has 1 aromatic carbocycles. The fourth-order valence-electron chi connectivity index (χ4n) is 1.27. The molecule has 1 atom stereocenters. The number of rotatable bonds is 3. The standard InChI is InChI=1S/C10H13NO2/c1-2-4-9(5-3-1)12-7-10-6-11-8-13-10/h1-5,10-11H,6-8H2. The van der Waals surface area contributed by atoms with Crippen LogP contribution in [-0.2, 0) is 4.74 Å². The molecule has 3 nitrogen and oxygen atoms in total. The summed E-state index contributed by atoms with van der Waals surface area (Å²) in [7, 11) is 0. The smallest absolute Gasteiger partial charge is 0.119 e. The summed E-state index contributed by atoms with van der Waals surface area (Å²) in [4.78, 5) is 0. The maximum Gasteiger partial charge on any atom is 0.119 e. The molecule has 0 radical (unpaired) electrons. The van der Waals surface area contributed by atoms with Crippen LogP contribution in [0.2, 0.25) is 0 Å². The lowest BCUT2D eigenvalue weighted by Gasteiger charge is -2.09. The topological polar surface area (TPSA) is 30.5 Å². The molecule has 0 aliphatic carbocycles. The quantitative estimate of drug-likeness (QED) is 0.751. The Morgan fingerprint density at radius 3 is 2.92 bits per heavy atom. The molecule has 0 amide bonds. The molecule has 1 N–H and O–H groups in total. The van der Waals surface area contributed by atoms with E-state index in [1.807, 2.05) is 30.3 Å². The molecular weight excluding hydrogens is 166 g/mol. The molecule has 1 aliphatic heterocycles. The van der Waals surface area contributed by atoms with Crippen LogP contribution in [0.4, 0.5) is 0 Å². The maximum absolute atomic E-state index is 5.52. The maximum atomic E-state index is 5.52. The molecule has 1 fully saturated rings. The summed E-state index contributed by atoms with van der Waals surface area (Å²) in [6.07, 6.45) is 0.195. The molecule has 13 heavy (non-hydrogen) atoms. The third-order valence-corrected chi connectivity index (χ3v) is 1.97. The van der Waals surface area contributed by atoms with Crippen LogP contribution in [-0.4, -0.2) is 26.0 Å². The van der Waals surface area contributed by atoms with Crippen LogP contribution in [0.25, 0.3) is 0 Å². The van der Waals surface area contributed by atoms with Crippen LogP contribution in [0.15, 0.2) is 30.3 Å². The van der Waals surface area contributed by atoms with Crippen molar-refractivity contribution >= 4 is 0 Å². The van der Waals surface area contributed by atoms with E-state index in [1.165, 1.54) is 0 Å². The Labute approximate surface area is 77.7 Å². The molecule has 1 aromatic rings. The summed E-state index contributed by atoms with van der Waals surface area (Å²) in [6, 6.07) is 9.79. The van der Waals surface area contributed by atoms with Crippen LogP contribution >= 0.6 is 0 Å². The molecule has 1 unspecified atom stereocenters. The van der Waals surface area contributed by atoms with Crippen LogP contribution in [0.5, 0.6) is 5.75 Å². The summed E-state index contributed by atoms with van der Waals surface area (Å²) < 4.78 is 10.9. The third kappa shape index (κ3) is 2.44. The van der Waals surface area contributed by atoms with Crippen molar-refractivity contribution in [3.05, 3.63) is 30.3 Å². The van der Waals surface area contributed by atoms with Crippen molar-refractivity contribution in [1.82, 2.24) is 5.32 Å². The second kappa shape index (κ2) is 4.25. The molecule has 0 saturated carbocycles. The van der Waals surface area contributed by atoms with Gasteiger partial charge in [0, 0.05) is 6.54 Å². The third-order valence-electron chi connectivity index (χ3n) is 1.97. The Balaban J connectivity index is 1.79. The minimum atomic E-state index is 0.195. The molecular formula is C10H13NO2. The van der Waals surface area contributed by atoms with E-state index in [2.05, 4.69) is 5.32 Å². The van der Waals surface area contributed by atoms with Gasteiger partial charge in [-0.2, -0.15) is 0 Å². The highest BCUT2D eigenvalue weighted by Crippen LogP contribution is 2.09. The zero-order valence-electron chi connectivity index (χ0n) is 7.40. The number of para-hydroxylation sites is 1. The fourth-order valence-corrected chi connectivity index (χ4v) is 1.27. The molecule has 2 rings (SSSR count). The lowest BCUT2D eigenvalue weighted by molar-refractivity contribution is 0.0717. The van der Waals surface area contributed by atoms with Crippen LogP contribution in [0, 0.1) is 0 Å². The Bertz CT molecular complexity index is 244. The summed E-state index contributed by atoms with van der Waals surface area (Å²) in [5.41, 5.74) is 0. The van der Waals surface area contributed by atoms with Gasteiger partial charge in [0.05, 0.1) is 6.73 Å². The fraction of sp³-hybridized carbons (Fsp3) is 0.400. The van der Waals surface area contributed by atoms with Crippen molar-refractivity contribution in [3.63, 3.8) is 0 Å². The van der Waals surface area contributed by atoms with Crippen molar-refractivity contribution in [2.45, 2.75) is 6.10 Å². The van der Waals surface area contributed by atoms with E-state index in [0.29, 0.717) is 13.3 Å². The molecule has 1 aliphatic rings. The number of hydrogen-bond donors (Lipinski definition) is 1. The molecule has 70 valence electrons. The van der Waals surface area contributed by atoms with Gasteiger partial charge in [-0.05, 0) is 12.1 Å². The van der Waals surface area contributed by atoms with E-state index in [-0.39, 0.29) is 6.10 Å². The van der Waals surface area contributed by atoms with E-state index < -0.39 is 0 Å². The number of benzene rings is 1. The largest absolute Gasteiger partial charge is 0.491 e. The van der Waals surface area contributed by atoms with Crippen molar-refractivity contribution in [3.8, 4) is 5.75 Å². The van der Waals surface area contributed by atoms with E-state index in [0.717, 1.165) is 12.3 Å². The number of hydrogen-bond acceptors (Lipinski definition) is 3. The van der Waals surface area contributed by atoms with Gasteiger partial charge < -0.3 is 9.47 Å². The Hall–Kier alpha value is -1.06. The van der Waals surface area contributed by atoms with Gasteiger partial charge in [0.2, 0.25) is 0 Å². The van der Waals surface area contributed by atoms with E-state index in [1.54, 1.807) is 0 Å². The minimum absolute atomic E-state index is 0.195. The number of nitrogens with one attached hydrogen (secondary N) is 1. The van der Waals surface area contributed by atoms with Gasteiger partial charge in [-0.15, -0.1) is 0 Å². The molecule has 0 bridgehead atoms. The van der Waals surface area contributed by atoms with E-state index in [4.69, 9.17) is 9.47 Å². The highest BCUT2D eigenvalue weighted by Gasteiger charge is 2.14. The van der Waals surface area contributed by atoms with Gasteiger partial charge >= 0.3 is 0 Å². The van der Waals surface area contributed by atoms with Crippen LogP contribution in [0.1, 0.15) is 0 Å². The Morgan fingerprint density at radius 2 is 2.23 bits per heavy atom. The Kier molecular flexibility index (Phi) is 2.79.